The van der Waals surface area contributed by atoms with Crippen LogP contribution in [0.15, 0.2) is 29.2 Å². The van der Waals surface area contributed by atoms with Gasteiger partial charge in [-0.3, -0.25) is 14.5 Å². The Balaban J connectivity index is 1.93. The molecule has 0 saturated carbocycles. The minimum atomic E-state index is -1.16. The molecule has 25 heavy (non-hydrogen) atoms. The molecule has 0 bridgehead atoms. The summed E-state index contributed by atoms with van der Waals surface area (Å²) in [6, 6.07) is 7.72. The first-order valence-electron chi connectivity index (χ1n) is 7.65. The maximum atomic E-state index is 12.4. The maximum absolute atomic E-state index is 12.4. The van der Waals surface area contributed by atoms with Gasteiger partial charge in [-0.2, -0.15) is 0 Å². The van der Waals surface area contributed by atoms with E-state index in [-0.39, 0.29) is 37.7 Å². The van der Waals surface area contributed by atoms with Crippen molar-refractivity contribution in [3.63, 3.8) is 0 Å². The lowest BCUT2D eigenvalue weighted by atomic mass is 10.1. The normalized spacial score (nSPS) is 15.7. The summed E-state index contributed by atoms with van der Waals surface area (Å²) >= 11 is 6.34. The molecule has 1 fully saturated rings. The summed E-state index contributed by atoms with van der Waals surface area (Å²) < 4.78 is 0.327. The van der Waals surface area contributed by atoms with Gasteiger partial charge in [0.1, 0.15) is 10.9 Å². The van der Waals surface area contributed by atoms with E-state index in [1.54, 1.807) is 6.08 Å². The van der Waals surface area contributed by atoms with E-state index in [4.69, 9.17) is 12.2 Å². The largest absolute Gasteiger partial charge is 0.550 e. The van der Waals surface area contributed by atoms with Crippen LogP contribution in [0.2, 0.25) is 0 Å². The summed E-state index contributed by atoms with van der Waals surface area (Å²) in [5.41, 5.74) is 2.01. The predicted molar refractivity (Wildman–Crippen MR) is 98.3 cm³/mol. The molecule has 1 N–H and O–H groups in total. The van der Waals surface area contributed by atoms with E-state index in [0.29, 0.717) is 9.23 Å². The van der Waals surface area contributed by atoms with Crippen LogP contribution in [0.3, 0.4) is 0 Å². The topological polar surface area (TPSA) is 89.5 Å². The summed E-state index contributed by atoms with van der Waals surface area (Å²) in [4.78, 5) is 36.3. The molecule has 0 aliphatic carbocycles. The van der Waals surface area contributed by atoms with Gasteiger partial charge >= 0.3 is 0 Å². The summed E-state index contributed by atoms with van der Waals surface area (Å²) in [6.07, 6.45) is 1.90. The van der Waals surface area contributed by atoms with Gasteiger partial charge in [-0.1, -0.05) is 53.8 Å². The number of carboxylic acids is 1. The van der Waals surface area contributed by atoms with E-state index in [1.807, 2.05) is 31.2 Å². The SMILES string of the molecule is Cc1ccc(/C=C2/SC(=S)N(CC(=O)NCCCC(=O)[O-])C2=O)cc1. The molecule has 2 rings (SSSR count). The van der Waals surface area contributed by atoms with Gasteiger partial charge < -0.3 is 15.2 Å². The average molecular weight is 377 g/mol. The highest BCUT2D eigenvalue weighted by atomic mass is 32.2. The number of thioether (sulfide) groups is 1. The number of carbonyl (C=O) groups excluding carboxylic acids is 3. The molecule has 0 atom stereocenters. The summed E-state index contributed by atoms with van der Waals surface area (Å²) in [5, 5.41) is 12.9. The Morgan fingerprint density at radius 3 is 2.64 bits per heavy atom. The summed E-state index contributed by atoms with van der Waals surface area (Å²) in [5.74, 6) is -1.85. The van der Waals surface area contributed by atoms with Crippen molar-refractivity contribution in [3.8, 4) is 0 Å². The fourth-order valence-electron chi connectivity index (χ4n) is 2.11. The van der Waals surface area contributed by atoms with Crippen molar-refractivity contribution in [2.24, 2.45) is 0 Å². The summed E-state index contributed by atoms with van der Waals surface area (Å²) in [7, 11) is 0. The predicted octanol–water partition coefficient (Wildman–Crippen LogP) is 0.843. The number of thiocarbonyl (C=S) groups is 1. The van der Waals surface area contributed by atoms with Gasteiger partial charge in [0.2, 0.25) is 5.91 Å². The molecule has 132 valence electrons. The second kappa shape index (κ2) is 8.77. The van der Waals surface area contributed by atoms with Gasteiger partial charge in [-0.05, 0) is 31.4 Å². The van der Waals surface area contributed by atoms with Crippen LogP contribution < -0.4 is 10.4 Å². The molecule has 1 heterocycles. The third-order valence-electron chi connectivity index (χ3n) is 3.43. The van der Waals surface area contributed by atoms with Gasteiger partial charge in [0.15, 0.2) is 0 Å². The van der Waals surface area contributed by atoms with Crippen molar-refractivity contribution in [3.05, 3.63) is 40.3 Å². The van der Waals surface area contributed by atoms with Crippen LogP contribution in [-0.4, -0.2) is 40.1 Å². The van der Waals surface area contributed by atoms with Crippen molar-refractivity contribution in [2.75, 3.05) is 13.1 Å². The molecule has 0 spiro atoms. The van der Waals surface area contributed by atoms with Gasteiger partial charge in [0, 0.05) is 12.5 Å². The molecular weight excluding hydrogens is 360 g/mol. The molecule has 1 aromatic rings. The number of benzene rings is 1. The molecule has 1 saturated heterocycles. The lowest BCUT2D eigenvalue weighted by Gasteiger charge is -2.14. The number of rotatable bonds is 7. The third-order valence-corrected chi connectivity index (χ3v) is 4.81. The molecule has 0 aromatic heterocycles. The molecule has 8 heteroatoms. The minimum absolute atomic E-state index is 0.124. The van der Waals surface area contributed by atoms with Crippen LogP contribution in [-0.2, 0) is 14.4 Å². The van der Waals surface area contributed by atoms with E-state index >= 15 is 0 Å². The number of hydrogen-bond donors (Lipinski definition) is 1. The van der Waals surface area contributed by atoms with Crippen LogP contribution in [0.25, 0.3) is 6.08 Å². The first kappa shape index (κ1) is 19.1. The highest BCUT2D eigenvalue weighted by Crippen LogP contribution is 2.32. The Morgan fingerprint density at radius 2 is 2.00 bits per heavy atom. The Hall–Kier alpha value is -2.19. The smallest absolute Gasteiger partial charge is 0.266 e. The van der Waals surface area contributed by atoms with Crippen LogP contribution in [0.1, 0.15) is 24.0 Å². The van der Waals surface area contributed by atoms with Gasteiger partial charge in [0.05, 0.1) is 4.91 Å². The molecule has 6 nitrogen and oxygen atoms in total. The Morgan fingerprint density at radius 1 is 1.32 bits per heavy atom. The number of aliphatic carboxylic acids is 1. The molecular formula is C17H17N2O4S2-. The minimum Gasteiger partial charge on any atom is -0.550 e. The fourth-order valence-corrected chi connectivity index (χ4v) is 3.37. The number of nitrogens with zero attached hydrogens (tertiary/aromatic N) is 1. The Labute approximate surface area is 155 Å². The summed E-state index contributed by atoms with van der Waals surface area (Å²) in [6.45, 7) is 2.01. The van der Waals surface area contributed by atoms with Gasteiger partial charge in [-0.25, -0.2) is 0 Å². The zero-order valence-electron chi connectivity index (χ0n) is 13.6. The third kappa shape index (κ3) is 5.68. The second-order valence-corrected chi connectivity index (χ2v) is 7.18. The van der Waals surface area contributed by atoms with Gasteiger partial charge in [0.25, 0.3) is 5.91 Å². The second-order valence-electron chi connectivity index (χ2n) is 5.50. The molecule has 0 unspecified atom stereocenters. The number of carboxylic acid groups (broad SMARTS) is 1. The molecule has 1 aromatic carbocycles. The number of nitrogens with one attached hydrogen (secondary N) is 1. The molecule has 0 radical (unpaired) electrons. The van der Waals surface area contributed by atoms with Crippen LogP contribution in [0, 0.1) is 6.92 Å². The Kier molecular flexibility index (Phi) is 6.72. The monoisotopic (exact) mass is 377 g/mol. The van der Waals surface area contributed by atoms with Crippen molar-refractivity contribution in [2.45, 2.75) is 19.8 Å². The molecule has 1 aliphatic rings. The van der Waals surface area contributed by atoms with Gasteiger partial charge in [-0.15, -0.1) is 0 Å². The number of carbonyl (C=O) groups is 3. The van der Waals surface area contributed by atoms with E-state index in [2.05, 4.69) is 5.32 Å². The van der Waals surface area contributed by atoms with Crippen molar-refractivity contribution in [1.82, 2.24) is 10.2 Å². The number of aryl methyl sites for hydroxylation is 1. The highest BCUT2D eigenvalue weighted by Gasteiger charge is 2.33. The number of hydrogen-bond acceptors (Lipinski definition) is 6. The number of amides is 2. The lowest BCUT2D eigenvalue weighted by molar-refractivity contribution is -0.305. The quantitative estimate of drug-likeness (QED) is 0.430. The zero-order valence-corrected chi connectivity index (χ0v) is 15.2. The van der Waals surface area contributed by atoms with E-state index < -0.39 is 5.97 Å². The molecule has 2 amide bonds. The fraction of sp³-hybridized carbons (Fsp3) is 0.294. The van der Waals surface area contributed by atoms with Crippen molar-refractivity contribution >= 4 is 52.2 Å². The van der Waals surface area contributed by atoms with Crippen molar-refractivity contribution < 1.29 is 19.5 Å². The van der Waals surface area contributed by atoms with Crippen molar-refractivity contribution in [1.29, 1.82) is 0 Å². The standard InChI is InChI=1S/C17H18N2O4S2/c1-11-4-6-12(7-5-11)9-13-16(23)19(17(24)25-13)10-14(20)18-8-2-3-15(21)22/h4-7,9H,2-3,8,10H2,1H3,(H,18,20)(H,21,22)/p-1/b13-9+. The zero-order chi connectivity index (χ0) is 18.4. The van der Waals surface area contributed by atoms with Crippen LogP contribution in [0.4, 0.5) is 0 Å². The van der Waals surface area contributed by atoms with E-state index in [1.165, 1.54) is 4.90 Å². The molecule has 1 aliphatic heterocycles. The van der Waals surface area contributed by atoms with E-state index in [0.717, 1.165) is 22.9 Å². The first-order chi connectivity index (χ1) is 11.9. The van der Waals surface area contributed by atoms with Crippen LogP contribution in [0.5, 0.6) is 0 Å². The first-order valence-corrected chi connectivity index (χ1v) is 8.88. The average Bonchev–Trinajstić information content (AvgIpc) is 2.81. The lowest BCUT2D eigenvalue weighted by Crippen LogP contribution is -2.40. The highest BCUT2D eigenvalue weighted by molar-refractivity contribution is 8.26. The maximum Gasteiger partial charge on any atom is 0.266 e. The van der Waals surface area contributed by atoms with Crippen LogP contribution >= 0.6 is 24.0 Å². The Bertz CT molecular complexity index is 729. The van der Waals surface area contributed by atoms with E-state index in [9.17, 15) is 19.5 Å².